The van der Waals surface area contributed by atoms with E-state index in [1.807, 2.05) is 33.8 Å². The first kappa shape index (κ1) is 27.5. The highest BCUT2D eigenvalue weighted by molar-refractivity contribution is 9.10. The molecule has 2 aromatic rings. The van der Waals surface area contributed by atoms with Crippen LogP contribution in [0.2, 0.25) is 5.02 Å². The number of amides is 1. The van der Waals surface area contributed by atoms with Crippen LogP contribution in [-0.4, -0.2) is 89.5 Å². The third kappa shape index (κ3) is 6.07. The van der Waals surface area contributed by atoms with Crippen LogP contribution < -0.4 is 14.4 Å². The van der Waals surface area contributed by atoms with Gasteiger partial charge in [0.2, 0.25) is 0 Å². The zero-order valence-corrected chi connectivity index (χ0v) is 25.1. The van der Waals surface area contributed by atoms with Crippen molar-refractivity contribution < 1.29 is 19.0 Å². The molecular formula is C27H37BrClN5O4. The number of ether oxygens (including phenoxy) is 3. The zero-order chi connectivity index (χ0) is 27.2. The Balaban J connectivity index is 1.48. The summed E-state index contributed by atoms with van der Waals surface area (Å²) in [5.74, 6) is 1.36. The number of carbonyl (C=O) groups is 1. The summed E-state index contributed by atoms with van der Waals surface area (Å²) in [5.41, 5.74) is 0.133. The van der Waals surface area contributed by atoms with E-state index in [0.29, 0.717) is 59.1 Å². The van der Waals surface area contributed by atoms with Gasteiger partial charge in [0.15, 0.2) is 5.75 Å². The number of aromatic nitrogens is 2. The molecule has 0 radical (unpaired) electrons. The molecule has 9 nitrogen and oxygen atoms in total. The maximum absolute atomic E-state index is 12.8. The molecule has 0 bridgehead atoms. The molecule has 3 heterocycles. The molecule has 38 heavy (non-hydrogen) atoms. The van der Waals surface area contributed by atoms with Crippen LogP contribution in [-0.2, 0) is 4.74 Å². The third-order valence-electron chi connectivity index (χ3n) is 7.24. The van der Waals surface area contributed by atoms with Crippen LogP contribution in [0.5, 0.6) is 11.8 Å². The molecule has 3 fully saturated rings. The van der Waals surface area contributed by atoms with Crippen molar-refractivity contribution in [2.24, 2.45) is 0 Å². The van der Waals surface area contributed by atoms with Crippen LogP contribution in [0.3, 0.4) is 0 Å². The number of halogens is 2. The van der Waals surface area contributed by atoms with Gasteiger partial charge in [-0.3, -0.25) is 0 Å². The Kier molecular flexibility index (Phi) is 7.86. The highest BCUT2D eigenvalue weighted by Gasteiger charge is 2.34. The summed E-state index contributed by atoms with van der Waals surface area (Å²) in [6.45, 7) is 11.0. The summed E-state index contributed by atoms with van der Waals surface area (Å²) in [5, 5.41) is 1.34. The van der Waals surface area contributed by atoms with Crippen LogP contribution in [0, 0.1) is 0 Å². The first-order valence-corrected chi connectivity index (χ1v) is 14.6. The van der Waals surface area contributed by atoms with E-state index in [4.69, 9.17) is 35.8 Å². The fourth-order valence-electron chi connectivity index (χ4n) is 5.01. The fraction of sp³-hybridized carbons (Fsp3) is 0.667. The first-order chi connectivity index (χ1) is 18.0. The van der Waals surface area contributed by atoms with Crippen molar-refractivity contribution in [3.63, 3.8) is 0 Å². The van der Waals surface area contributed by atoms with E-state index in [0.717, 1.165) is 37.0 Å². The molecular weight excluding hydrogens is 574 g/mol. The average molecular weight is 611 g/mol. The topological polar surface area (TPSA) is 80.3 Å². The molecule has 5 rings (SSSR count). The number of rotatable bonds is 6. The van der Waals surface area contributed by atoms with Crippen LogP contribution in [0.25, 0.3) is 10.9 Å². The molecule has 0 spiro atoms. The van der Waals surface area contributed by atoms with Crippen molar-refractivity contribution in [2.75, 3.05) is 44.7 Å². The van der Waals surface area contributed by atoms with Gasteiger partial charge < -0.3 is 28.9 Å². The third-order valence-corrected chi connectivity index (χ3v) is 8.55. The fourth-order valence-corrected chi connectivity index (χ4v) is 5.60. The number of benzene rings is 1. The SMILES string of the molecule is C[C@@H]1CN(c2nc(OC[C@@H]3CCCN3C)nc3c(OC4CC4)c(Br)c(Cl)cc23)CCN1C(=O)OC(C)(C)C. The maximum Gasteiger partial charge on any atom is 0.410 e. The Bertz CT molecular complexity index is 1200. The summed E-state index contributed by atoms with van der Waals surface area (Å²) in [6, 6.07) is 2.47. The Labute approximate surface area is 237 Å². The number of likely N-dealkylation sites (N-methyl/N-ethyl adjacent to an activating group) is 1. The smallest absolute Gasteiger partial charge is 0.410 e. The second kappa shape index (κ2) is 10.8. The molecule has 2 saturated heterocycles. The van der Waals surface area contributed by atoms with E-state index < -0.39 is 5.60 Å². The molecule has 11 heteroatoms. The van der Waals surface area contributed by atoms with Crippen LogP contribution >= 0.6 is 27.5 Å². The monoisotopic (exact) mass is 609 g/mol. The Morgan fingerprint density at radius 1 is 1.18 bits per heavy atom. The highest BCUT2D eigenvalue weighted by Crippen LogP contribution is 2.44. The molecule has 2 aliphatic heterocycles. The van der Waals surface area contributed by atoms with Gasteiger partial charge in [-0.05, 0) is 89.0 Å². The number of likely N-dealkylation sites (tertiary alicyclic amines) is 1. The minimum atomic E-state index is -0.543. The number of anilines is 1. The van der Waals surface area contributed by atoms with Crippen molar-refractivity contribution >= 4 is 50.3 Å². The predicted molar refractivity (Wildman–Crippen MR) is 152 cm³/mol. The Hall–Kier alpha value is -2.04. The quantitative estimate of drug-likeness (QED) is 0.424. The maximum atomic E-state index is 12.8. The molecule has 1 amide bonds. The van der Waals surface area contributed by atoms with E-state index in [1.54, 1.807) is 4.90 Å². The van der Waals surface area contributed by atoms with Crippen molar-refractivity contribution in [1.82, 2.24) is 19.8 Å². The van der Waals surface area contributed by atoms with Crippen LogP contribution in [0.4, 0.5) is 10.6 Å². The lowest BCUT2D eigenvalue weighted by atomic mass is 10.1. The van der Waals surface area contributed by atoms with Crippen molar-refractivity contribution in [1.29, 1.82) is 0 Å². The highest BCUT2D eigenvalue weighted by atomic mass is 79.9. The van der Waals surface area contributed by atoms with Gasteiger partial charge in [-0.25, -0.2) is 4.79 Å². The van der Waals surface area contributed by atoms with Gasteiger partial charge >= 0.3 is 12.1 Å². The lowest BCUT2D eigenvalue weighted by molar-refractivity contribution is 0.0158. The van der Waals surface area contributed by atoms with Crippen molar-refractivity contribution in [3.8, 4) is 11.8 Å². The lowest BCUT2D eigenvalue weighted by Crippen LogP contribution is -2.55. The van der Waals surface area contributed by atoms with Gasteiger partial charge in [-0.15, -0.1) is 0 Å². The predicted octanol–water partition coefficient (Wildman–Crippen LogP) is 5.51. The number of hydrogen-bond acceptors (Lipinski definition) is 8. The normalized spacial score (nSPS) is 22.7. The zero-order valence-electron chi connectivity index (χ0n) is 22.8. The van der Waals surface area contributed by atoms with E-state index in [9.17, 15) is 4.79 Å². The summed E-state index contributed by atoms with van der Waals surface area (Å²) in [4.78, 5) is 28.8. The molecule has 1 aromatic carbocycles. The minimum Gasteiger partial charge on any atom is -0.487 e. The Morgan fingerprint density at radius 2 is 1.95 bits per heavy atom. The lowest BCUT2D eigenvalue weighted by Gasteiger charge is -2.41. The molecule has 208 valence electrons. The van der Waals surface area contributed by atoms with Gasteiger partial charge in [-0.1, -0.05) is 11.6 Å². The number of nitrogens with zero attached hydrogens (tertiary/aromatic N) is 5. The number of piperazine rings is 1. The number of hydrogen-bond donors (Lipinski definition) is 0. The minimum absolute atomic E-state index is 0.0757. The number of carbonyl (C=O) groups excluding carboxylic acids is 1. The van der Waals surface area contributed by atoms with Gasteiger partial charge in [0.25, 0.3) is 0 Å². The molecule has 1 aromatic heterocycles. The van der Waals surface area contributed by atoms with Crippen molar-refractivity contribution in [2.45, 2.75) is 77.2 Å². The first-order valence-electron chi connectivity index (χ1n) is 13.4. The van der Waals surface area contributed by atoms with Gasteiger partial charge in [0.05, 0.1) is 15.6 Å². The average Bonchev–Trinajstić information content (AvgIpc) is 3.57. The van der Waals surface area contributed by atoms with Crippen LogP contribution in [0.15, 0.2) is 10.5 Å². The molecule has 1 aliphatic carbocycles. The van der Waals surface area contributed by atoms with Crippen LogP contribution in [0.1, 0.15) is 53.4 Å². The van der Waals surface area contributed by atoms with E-state index in [2.05, 4.69) is 32.8 Å². The van der Waals surface area contributed by atoms with Gasteiger partial charge in [0, 0.05) is 37.1 Å². The second-order valence-corrected chi connectivity index (χ2v) is 12.8. The molecule has 1 saturated carbocycles. The molecule has 3 aliphatic rings. The second-order valence-electron chi connectivity index (χ2n) is 11.6. The van der Waals surface area contributed by atoms with E-state index in [-0.39, 0.29) is 18.2 Å². The Morgan fingerprint density at radius 3 is 2.58 bits per heavy atom. The van der Waals surface area contributed by atoms with Gasteiger partial charge in [0.1, 0.15) is 23.5 Å². The standard InChI is InChI=1S/C27H37BrClN5O4/c1-16-14-33(11-12-34(16)26(35)38-27(2,3)4)24-19-13-20(29)21(28)23(37-18-8-9-18)22(19)30-25(31-24)36-15-17-7-6-10-32(17)5/h13,16-18H,6-12,14-15H2,1-5H3/t16-,17+/m1/s1. The van der Waals surface area contributed by atoms with E-state index >= 15 is 0 Å². The summed E-state index contributed by atoms with van der Waals surface area (Å²) in [7, 11) is 2.12. The molecule has 0 unspecified atom stereocenters. The molecule has 0 N–H and O–H groups in total. The summed E-state index contributed by atoms with van der Waals surface area (Å²) in [6.07, 6.45) is 4.16. The largest absolute Gasteiger partial charge is 0.487 e. The van der Waals surface area contributed by atoms with Gasteiger partial charge in [-0.2, -0.15) is 9.97 Å². The summed E-state index contributed by atoms with van der Waals surface area (Å²) >= 11 is 10.3. The summed E-state index contributed by atoms with van der Waals surface area (Å²) < 4.78 is 18.8. The van der Waals surface area contributed by atoms with Crippen molar-refractivity contribution in [3.05, 3.63) is 15.6 Å². The number of fused-ring (bicyclic) bond motifs is 1. The molecule has 2 atom stereocenters. The van der Waals surface area contributed by atoms with E-state index in [1.165, 1.54) is 6.42 Å².